The predicted molar refractivity (Wildman–Crippen MR) is 86.8 cm³/mol. The summed E-state index contributed by atoms with van der Waals surface area (Å²) in [4.78, 5) is 0. The maximum absolute atomic E-state index is 5.82. The minimum absolute atomic E-state index is 0.577. The zero-order valence-electron chi connectivity index (χ0n) is 11.3. The fourth-order valence-electron chi connectivity index (χ4n) is 1.83. The molecular formula is C17H18BrNO. The van der Waals surface area contributed by atoms with Crippen LogP contribution in [0.4, 0.5) is 0 Å². The lowest BCUT2D eigenvalue weighted by Gasteiger charge is -2.10. The standard InChI is InChI=1S/C17H18BrNO/c1-2-10-19-12-15-8-9-17(16(18)11-15)20-13-14-6-4-3-5-7-14/h2-9,11,19H,1,10,12-13H2. The van der Waals surface area contributed by atoms with Crippen molar-refractivity contribution in [2.75, 3.05) is 6.54 Å². The molecule has 0 saturated carbocycles. The summed E-state index contributed by atoms with van der Waals surface area (Å²) < 4.78 is 6.80. The number of halogens is 1. The van der Waals surface area contributed by atoms with E-state index in [4.69, 9.17) is 4.74 Å². The molecule has 20 heavy (non-hydrogen) atoms. The average Bonchev–Trinajstić information content (AvgIpc) is 2.48. The van der Waals surface area contributed by atoms with Gasteiger partial charge in [-0.1, -0.05) is 42.5 Å². The predicted octanol–water partition coefficient (Wildman–Crippen LogP) is 4.30. The number of benzene rings is 2. The third-order valence-electron chi connectivity index (χ3n) is 2.85. The second-order valence-corrected chi connectivity index (χ2v) is 5.31. The first-order valence-electron chi connectivity index (χ1n) is 6.56. The van der Waals surface area contributed by atoms with Crippen LogP contribution in [-0.2, 0) is 13.2 Å². The van der Waals surface area contributed by atoms with Gasteiger partial charge in [0, 0.05) is 13.1 Å². The second kappa shape index (κ2) is 7.88. The summed E-state index contributed by atoms with van der Waals surface area (Å²) in [5.41, 5.74) is 2.38. The highest BCUT2D eigenvalue weighted by atomic mass is 79.9. The van der Waals surface area contributed by atoms with E-state index >= 15 is 0 Å². The molecule has 0 unspecified atom stereocenters. The van der Waals surface area contributed by atoms with E-state index < -0.39 is 0 Å². The molecule has 0 heterocycles. The maximum Gasteiger partial charge on any atom is 0.134 e. The molecule has 0 spiro atoms. The van der Waals surface area contributed by atoms with Crippen molar-refractivity contribution in [2.24, 2.45) is 0 Å². The van der Waals surface area contributed by atoms with Gasteiger partial charge in [0.05, 0.1) is 4.47 Å². The molecule has 0 amide bonds. The summed E-state index contributed by atoms with van der Waals surface area (Å²) >= 11 is 3.56. The number of nitrogens with one attached hydrogen (secondary N) is 1. The van der Waals surface area contributed by atoms with E-state index in [0.29, 0.717) is 6.61 Å². The molecule has 2 rings (SSSR count). The van der Waals surface area contributed by atoms with Crippen LogP contribution in [0.25, 0.3) is 0 Å². The minimum Gasteiger partial charge on any atom is -0.488 e. The summed E-state index contributed by atoms with van der Waals surface area (Å²) in [6.07, 6.45) is 1.85. The highest BCUT2D eigenvalue weighted by molar-refractivity contribution is 9.10. The van der Waals surface area contributed by atoms with E-state index in [-0.39, 0.29) is 0 Å². The molecule has 0 bridgehead atoms. The number of hydrogen-bond donors (Lipinski definition) is 1. The Morgan fingerprint density at radius 1 is 1.10 bits per heavy atom. The first-order valence-corrected chi connectivity index (χ1v) is 7.35. The zero-order chi connectivity index (χ0) is 14.2. The Morgan fingerprint density at radius 3 is 2.60 bits per heavy atom. The first-order chi connectivity index (χ1) is 9.79. The van der Waals surface area contributed by atoms with Gasteiger partial charge in [-0.3, -0.25) is 0 Å². The molecule has 0 radical (unpaired) electrons. The van der Waals surface area contributed by atoms with E-state index in [1.165, 1.54) is 5.56 Å². The Morgan fingerprint density at radius 2 is 1.90 bits per heavy atom. The van der Waals surface area contributed by atoms with Crippen molar-refractivity contribution in [2.45, 2.75) is 13.2 Å². The van der Waals surface area contributed by atoms with Crippen molar-refractivity contribution in [3.05, 3.63) is 76.8 Å². The van der Waals surface area contributed by atoms with Gasteiger partial charge in [0.1, 0.15) is 12.4 Å². The van der Waals surface area contributed by atoms with Crippen LogP contribution in [0.2, 0.25) is 0 Å². The van der Waals surface area contributed by atoms with Crippen LogP contribution in [0.15, 0.2) is 65.7 Å². The van der Waals surface area contributed by atoms with Crippen LogP contribution in [0.5, 0.6) is 5.75 Å². The molecule has 0 aliphatic rings. The first kappa shape index (κ1) is 14.8. The maximum atomic E-state index is 5.82. The quantitative estimate of drug-likeness (QED) is 0.603. The Bertz CT molecular complexity index is 554. The molecule has 2 aromatic carbocycles. The van der Waals surface area contributed by atoms with Gasteiger partial charge in [0.15, 0.2) is 0 Å². The third-order valence-corrected chi connectivity index (χ3v) is 3.47. The van der Waals surface area contributed by atoms with Crippen molar-refractivity contribution in [3.63, 3.8) is 0 Å². The smallest absolute Gasteiger partial charge is 0.134 e. The van der Waals surface area contributed by atoms with Gasteiger partial charge < -0.3 is 10.1 Å². The molecule has 1 N–H and O–H groups in total. The SMILES string of the molecule is C=CCNCc1ccc(OCc2ccccc2)c(Br)c1. The molecule has 3 heteroatoms. The van der Waals surface area contributed by atoms with E-state index in [1.54, 1.807) is 0 Å². The van der Waals surface area contributed by atoms with Gasteiger partial charge in [-0.2, -0.15) is 0 Å². The molecule has 0 saturated heterocycles. The van der Waals surface area contributed by atoms with Crippen molar-refractivity contribution in [1.82, 2.24) is 5.32 Å². The summed E-state index contributed by atoms with van der Waals surface area (Å²) in [5.74, 6) is 0.862. The van der Waals surface area contributed by atoms with Gasteiger partial charge in [0.25, 0.3) is 0 Å². The lowest BCUT2D eigenvalue weighted by atomic mass is 10.2. The molecule has 2 nitrogen and oxygen atoms in total. The Hall–Kier alpha value is -1.58. The normalized spacial score (nSPS) is 10.2. The van der Waals surface area contributed by atoms with Crippen molar-refractivity contribution in [3.8, 4) is 5.75 Å². The van der Waals surface area contributed by atoms with Crippen molar-refractivity contribution in [1.29, 1.82) is 0 Å². The van der Waals surface area contributed by atoms with Gasteiger partial charge >= 0.3 is 0 Å². The molecular weight excluding hydrogens is 314 g/mol. The average molecular weight is 332 g/mol. The fraction of sp³-hybridized carbons (Fsp3) is 0.176. The summed E-state index contributed by atoms with van der Waals surface area (Å²) in [6.45, 7) is 5.89. The zero-order valence-corrected chi connectivity index (χ0v) is 12.9. The van der Waals surface area contributed by atoms with Crippen molar-refractivity contribution >= 4 is 15.9 Å². The van der Waals surface area contributed by atoms with E-state index in [2.05, 4.69) is 52.1 Å². The van der Waals surface area contributed by atoms with E-state index in [0.717, 1.165) is 28.9 Å². The highest BCUT2D eigenvalue weighted by Crippen LogP contribution is 2.26. The summed E-state index contributed by atoms with van der Waals surface area (Å²) in [5, 5.41) is 3.28. The Labute approximate surface area is 128 Å². The van der Waals surface area contributed by atoms with Crippen molar-refractivity contribution < 1.29 is 4.74 Å². The Kier molecular flexibility index (Phi) is 5.84. The number of hydrogen-bond acceptors (Lipinski definition) is 2. The molecule has 0 aliphatic heterocycles. The van der Waals surface area contributed by atoms with Crippen LogP contribution < -0.4 is 10.1 Å². The molecule has 0 aliphatic carbocycles. The molecule has 2 aromatic rings. The van der Waals surface area contributed by atoms with Gasteiger partial charge in [-0.25, -0.2) is 0 Å². The number of ether oxygens (including phenoxy) is 1. The van der Waals surface area contributed by atoms with Crippen LogP contribution in [-0.4, -0.2) is 6.54 Å². The minimum atomic E-state index is 0.577. The fourth-order valence-corrected chi connectivity index (χ4v) is 2.37. The largest absolute Gasteiger partial charge is 0.488 e. The van der Waals surface area contributed by atoms with E-state index in [1.807, 2.05) is 30.3 Å². The van der Waals surface area contributed by atoms with E-state index in [9.17, 15) is 0 Å². The molecule has 0 atom stereocenters. The monoisotopic (exact) mass is 331 g/mol. The second-order valence-electron chi connectivity index (χ2n) is 4.46. The molecule has 104 valence electrons. The summed E-state index contributed by atoms with van der Waals surface area (Å²) in [6, 6.07) is 16.3. The van der Waals surface area contributed by atoms with Gasteiger partial charge in [0.2, 0.25) is 0 Å². The van der Waals surface area contributed by atoms with Gasteiger partial charge in [-0.15, -0.1) is 6.58 Å². The Balaban J connectivity index is 1.94. The molecule has 0 fully saturated rings. The lowest BCUT2D eigenvalue weighted by molar-refractivity contribution is 0.304. The van der Waals surface area contributed by atoms with Crippen LogP contribution >= 0.6 is 15.9 Å². The van der Waals surface area contributed by atoms with Crippen LogP contribution in [0, 0.1) is 0 Å². The topological polar surface area (TPSA) is 21.3 Å². The number of rotatable bonds is 7. The lowest BCUT2D eigenvalue weighted by Crippen LogP contribution is -2.12. The summed E-state index contributed by atoms with van der Waals surface area (Å²) in [7, 11) is 0. The highest BCUT2D eigenvalue weighted by Gasteiger charge is 2.03. The molecule has 0 aromatic heterocycles. The van der Waals surface area contributed by atoms with Crippen LogP contribution in [0.1, 0.15) is 11.1 Å². The van der Waals surface area contributed by atoms with Gasteiger partial charge in [-0.05, 0) is 39.2 Å². The van der Waals surface area contributed by atoms with Crippen LogP contribution in [0.3, 0.4) is 0 Å². The third kappa shape index (κ3) is 4.51.